The van der Waals surface area contributed by atoms with E-state index in [2.05, 4.69) is 16.0 Å². The molecule has 0 saturated heterocycles. The molecule has 1 aromatic rings. The molecule has 3 amide bonds. The minimum absolute atomic E-state index is 0.192. The summed E-state index contributed by atoms with van der Waals surface area (Å²) in [5.41, 5.74) is -0.623. The molecule has 24 heavy (non-hydrogen) atoms. The molecule has 0 radical (unpaired) electrons. The first-order valence-electron chi connectivity index (χ1n) is 7.41. The van der Waals surface area contributed by atoms with E-state index < -0.39 is 29.4 Å². The molecular formula is C16H22F3N3O2. The third-order valence-electron chi connectivity index (χ3n) is 3.01. The number of carbonyl (C=O) groups is 2. The summed E-state index contributed by atoms with van der Waals surface area (Å²) in [7, 11) is 0. The third kappa shape index (κ3) is 6.89. The molecular weight excluding hydrogens is 323 g/mol. The maximum Gasteiger partial charge on any atom is 0.416 e. The monoisotopic (exact) mass is 345 g/mol. The van der Waals surface area contributed by atoms with Gasteiger partial charge in [-0.15, -0.1) is 0 Å². The second kappa shape index (κ2) is 7.55. The van der Waals surface area contributed by atoms with Crippen molar-refractivity contribution in [3.8, 4) is 0 Å². The summed E-state index contributed by atoms with van der Waals surface area (Å²) in [6.07, 6.45) is -4.40. The summed E-state index contributed by atoms with van der Waals surface area (Å²) in [6, 6.07) is 3.45. The number of nitrogens with one attached hydrogen (secondary N) is 3. The van der Waals surface area contributed by atoms with Crippen molar-refractivity contribution in [1.29, 1.82) is 0 Å². The minimum Gasteiger partial charge on any atom is -0.350 e. The van der Waals surface area contributed by atoms with Crippen molar-refractivity contribution < 1.29 is 22.8 Å². The van der Waals surface area contributed by atoms with E-state index in [0.29, 0.717) is 5.56 Å². The van der Waals surface area contributed by atoms with Gasteiger partial charge >= 0.3 is 12.2 Å². The first-order chi connectivity index (χ1) is 10.9. The quantitative estimate of drug-likeness (QED) is 0.785. The van der Waals surface area contributed by atoms with Crippen molar-refractivity contribution in [2.24, 2.45) is 0 Å². The van der Waals surface area contributed by atoms with Gasteiger partial charge < -0.3 is 16.0 Å². The fraction of sp³-hybridized carbons (Fsp3) is 0.500. The van der Waals surface area contributed by atoms with Crippen LogP contribution in [0.25, 0.3) is 0 Å². The van der Waals surface area contributed by atoms with E-state index in [1.54, 1.807) is 6.92 Å². The van der Waals surface area contributed by atoms with Gasteiger partial charge in [0.1, 0.15) is 0 Å². The van der Waals surface area contributed by atoms with Gasteiger partial charge in [0.15, 0.2) is 0 Å². The molecule has 0 saturated carbocycles. The van der Waals surface area contributed by atoms with Crippen LogP contribution in [0.2, 0.25) is 0 Å². The number of rotatable bonds is 4. The van der Waals surface area contributed by atoms with Crippen molar-refractivity contribution in [2.75, 3.05) is 6.54 Å². The molecule has 0 aliphatic rings. The predicted molar refractivity (Wildman–Crippen MR) is 84.3 cm³/mol. The van der Waals surface area contributed by atoms with Crippen molar-refractivity contribution in [1.82, 2.24) is 16.0 Å². The molecule has 0 heterocycles. The van der Waals surface area contributed by atoms with E-state index in [-0.39, 0.29) is 12.5 Å². The first kappa shape index (κ1) is 19.8. The number of halogens is 3. The van der Waals surface area contributed by atoms with E-state index in [4.69, 9.17) is 0 Å². The zero-order valence-electron chi connectivity index (χ0n) is 14.0. The fourth-order valence-corrected chi connectivity index (χ4v) is 1.91. The van der Waals surface area contributed by atoms with Crippen molar-refractivity contribution >= 4 is 11.9 Å². The summed E-state index contributed by atoms with van der Waals surface area (Å²) in [5.74, 6) is -0.333. The summed E-state index contributed by atoms with van der Waals surface area (Å²) >= 11 is 0. The molecule has 0 unspecified atom stereocenters. The van der Waals surface area contributed by atoms with Crippen LogP contribution in [0.4, 0.5) is 18.0 Å². The molecule has 134 valence electrons. The lowest BCUT2D eigenvalue weighted by molar-refractivity contribution is -0.137. The standard InChI is InChI=1S/C16H22F3N3O2/c1-10(11-5-7-12(8-6-11)16(17,18)19)21-14(24)20-9-13(23)22-15(2,3)4/h5-8,10H,9H2,1-4H3,(H,22,23)(H2,20,21,24)/t10-/m1/s1. The average Bonchev–Trinajstić information content (AvgIpc) is 2.42. The summed E-state index contributed by atoms with van der Waals surface area (Å²) in [4.78, 5) is 23.3. The maximum atomic E-state index is 12.5. The van der Waals surface area contributed by atoms with Crippen LogP contribution in [0.15, 0.2) is 24.3 Å². The number of hydrogen-bond donors (Lipinski definition) is 3. The molecule has 8 heteroatoms. The highest BCUT2D eigenvalue weighted by Crippen LogP contribution is 2.29. The Kier molecular flexibility index (Phi) is 6.22. The number of hydrogen-bond acceptors (Lipinski definition) is 2. The Bertz CT molecular complexity index is 578. The van der Waals surface area contributed by atoms with Gasteiger partial charge in [-0.25, -0.2) is 4.79 Å². The molecule has 1 aromatic carbocycles. The Labute approximate surface area is 139 Å². The number of alkyl halides is 3. The lowest BCUT2D eigenvalue weighted by atomic mass is 10.1. The van der Waals surface area contributed by atoms with Gasteiger partial charge in [0.25, 0.3) is 0 Å². The SMILES string of the molecule is C[C@@H](NC(=O)NCC(=O)NC(C)(C)C)c1ccc(C(F)(F)F)cc1. The fourth-order valence-electron chi connectivity index (χ4n) is 1.91. The van der Waals surface area contributed by atoms with Gasteiger partial charge in [0.2, 0.25) is 5.91 Å². The van der Waals surface area contributed by atoms with Gasteiger partial charge in [-0.1, -0.05) is 12.1 Å². The maximum absolute atomic E-state index is 12.5. The molecule has 3 N–H and O–H groups in total. The highest BCUT2D eigenvalue weighted by atomic mass is 19.4. The molecule has 1 atom stereocenters. The third-order valence-corrected chi connectivity index (χ3v) is 3.01. The Morgan fingerprint density at radius 1 is 1.08 bits per heavy atom. The van der Waals surface area contributed by atoms with Crippen LogP contribution in [-0.2, 0) is 11.0 Å². The van der Waals surface area contributed by atoms with E-state index in [1.807, 2.05) is 20.8 Å². The molecule has 0 aromatic heterocycles. The number of carbonyl (C=O) groups excluding carboxylic acids is 2. The predicted octanol–water partition coefficient (Wildman–Crippen LogP) is 2.98. The largest absolute Gasteiger partial charge is 0.416 e. The second-order valence-electron chi connectivity index (χ2n) is 6.47. The highest BCUT2D eigenvalue weighted by Gasteiger charge is 2.30. The summed E-state index contributed by atoms with van der Waals surface area (Å²) in [5, 5.41) is 7.65. The van der Waals surface area contributed by atoms with Crippen LogP contribution >= 0.6 is 0 Å². The van der Waals surface area contributed by atoms with Crippen LogP contribution in [0.1, 0.15) is 44.9 Å². The van der Waals surface area contributed by atoms with Gasteiger partial charge in [-0.3, -0.25) is 4.79 Å². The zero-order chi connectivity index (χ0) is 18.5. The Hall–Kier alpha value is -2.25. The van der Waals surface area contributed by atoms with Crippen molar-refractivity contribution in [3.63, 3.8) is 0 Å². The van der Waals surface area contributed by atoms with E-state index in [1.165, 1.54) is 12.1 Å². The summed E-state index contributed by atoms with van der Waals surface area (Å²) < 4.78 is 37.5. The number of benzene rings is 1. The van der Waals surface area contributed by atoms with E-state index in [0.717, 1.165) is 12.1 Å². The molecule has 1 rings (SSSR count). The van der Waals surface area contributed by atoms with Crippen LogP contribution in [0.3, 0.4) is 0 Å². The number of urea groups is 1. The Morgan fingerprint density at radius 3 is 2.08 bits per heavy atom. The lowest BCUT2D eigenvalue weighted by Gasteiger charge is -2.21. The first-order valence-corrected chi connectivity index (χ1v) is 7.41. The smallest absolute Gasteiger partial charge is 0.350 e. The molecule has 0 bridgehead atoms. The van der Waals surface area contributed by atoms with Gasteiger partial charge in [0, 0.05) is 5.54 Å². The van der Waals surface area contributed by atoms with Gasteiger partial charge in [-0.2, -0.15) is 13.2 Å². The summed E-state index contributed by atoms with van der Waals surface area (Å²) in [6.45, 7) is 6.90. The zero-order valence-corrected chi connectivity index (χ0v) is 14.0. The van der Waals surface area contributed by atoms with Crippen LogP contribution in [0, 0.1) is 0 Å². The van der Waals surface area contributed by atoms with Gasteiger partial charge in [-0.05, 0) is 45.4 Å². The van der Waals surface area contributed by atoms with Crippen molar-refractivity contribution in [2.45, 2.75) is 45.5 Å². The molecule has 0 spiro atoms. The minimum atomic E-state index is -4.40. The van der Waals surface area contributed by atoms with Crippen LogP contribution in [0.5, 0.6) is 0 Å². The van der Waals surface area contributed by atoms with E-state index in [9.17, 15) is 22.8 Å². The highest BCUT2D eigenvalue weighted by molar-refractivity contribution is 5.84. The normalized spacial score (nSPS) is 13.1. The average molecular weight is 345 g/mol. The molecule has 5 nitrogen and oxygen atoms in total. The second-order valence-corrected chi connectivity index (χ2v) is 6.47. The number of amides is 3. The van der Waals surface area contributed by atoms with Gasteiger partial charge in [0.05, 0.1) is 18.2 Å². The van der Waals surface area contributed by atoms with Crippen molar-refractivity contribution in [3.05, 3.63) is 35.4 Å². The molecule has 0 aliphatic heterocycles. The van der Waals surface area contributed by atoms with Crippen LogP contribution in [-0.4, -0.2) is 24.0 Å². The van der Waals surface area contributed by atoms with Crippen LogP contribution < -0.4 is 16.0 Å². The molecule has 0 aliphatic carbocycles. The Morgan fingerprint density at radius 2 is 1.62 bits per heavy atom. The topological polar surface area (TPSA) is 70.2 Å². The molecule has 0 fully saturated rings. The lowest BCUT2D eigenvalue weighted by Crippen LogP contribution is -2.47. The van der Waals surface area contributed by atoms with E-state index >= 15 is 0 Å². The Balaban J connectivity index is 2.51.